The number of aliphatic hydroxyl groups excluding tert-OH is 1. The first-order chi connectivity index (χ1) is 7.57. The third-order valence-electron chi connectivity index (χ3n) is 2.48. The van der Waals surface area contributed by atoms with Gasteiger partial charge in [-0.15, -0.1) is 0 Å². The number of rotatable bonds is 5. The molecule has 1 rings (SSSR count). The maximum absolute atomic E-state index is 13.7. The van der Waals surface area contributed by atoms with Crippen molar-refractivity contribution in [3.05, 3.63) is 29.6 Å². The first-order valence-electron chi connectivity index (χ1n) is 5.24. The van der Waals surface area contributed by atoms with Gasteiger partial charge < -0.3 is 10.0 Å². The third kappa shape index (κ3) is 3.12. The molecule has 0 fully saturated rings. The van der Waals surface area contributed by atoms with Crippen molar-refractivity contribution in [1.29, 1.82) is 0 Å². The van der Waals surface area contributed by atoms with Crippen LogP contribution in [0, 0.1) is 5.82 Å². The fraction of sp³-hybridized carbons (Fsp3) is 0.500. The summed E-state index contributed by atoms with van der Waals surface area (Å²) in [6.45, 7) is 2.42. The van der Waals surface area contributed by atoms with Crippen LogP contribution in [0.1, 0.15) is 18.6 Å². The summed E-state index contributed by atoms with van der Waals surface area (Å²) in [5.74, 6) is 0.659. The molecule has 0 bridgehead atoms. The number of nitrogens with zero attached hydrogens (tertiary/aromatic N) is 1. The predicted molar refractivity (Wildman–Crippen MR) is 68.7 cm³/mol. The van der Waals surface area contributed by atoms with Gasteiger partial charge in [0.25, 0.3) is 0 Å². The predicted octanol–water partition coefficient (Wildman–Crippen LogP) is 2.68. The molecule has 0 radical (unpaired) electrons. The van der Waals surface area contributed by atoms with Crippen molar-refractivity contribution in [2.45, 2.75) is 13.0 Å². The van der Waals surface area contributed by atoms with E-state index in [9.17, 15) is 9.50 Å². The number of hydrogen-bond donors (Lipinski definition) is 1. The molecule has 0 amide bonds. The summed E-state index contributed by atoms with van der Waals surface area (Å²) in [5.41, 5.74) is 1.15. The minimum atomic E-state index is -0.651. The highest BCUT2D eigenvalue weighted by Crippen LogP contribution is 2.28. The standard InChI is InChI=1S/C12H18FNOS/c1-9(15)10-5-4-6-11(13)12(10)14(2)7-8-16-3/h4-6,9,15H,7-8H2,1-3H3/t9-/m1/s1. The van der Waals surface area contributed by atoms with Gasteiger partial charge in [-0.1, -0.05) is 12.1 Å². The van der Waals surface area contributed by atoms with E-state index in [0.29, 0.717) is 11.3 Å². The van der Waals surface area contributed by atoms with Gasteiger partial charge in [0.2, 0.25) is 0 Å². The minimum Gasteiger partial charge on any atom is -0.389 e. The SMILES string of the molecule is CSCCN(C)c1c(F)cccc1[C@@H](C)O. The zero-order valence-electron chi connectivity index (χ0n) is 9.90. The molecule has 0 spiro atoms. The van der Waals surface area contributed by atoms with E-state index in [0.717, 1.165) is 12.3 Å². The molecule has 2 nitrogen and oxygen atoms in total. The summed E-state index contributed by atoms with van der Waals surface area (Å²) in [4.78, 5) is 1.86. The van der Waals surface area contributed by atoms with Crippen molar-refractivity contribution in [2.24, 2.45) is 0 Å². The smallest absolute Gasteiger partial charge is 0.146 e. The van der Waals surface area contributed by atoms with Crippen LogP contribution in [-0.2, 0) is 0 Å². The van der Waals surface area contributed by atoms with Crippen LogP contribution in [0.5, 0.6) is 0 Å². The largest absolute Gasteiger partial charge is 0.389 e. The molecular formula is C12H18FNOS. The molecule has 0 saturated heterocycles. The summed E-state index contributed by atoms with van der Waals surface area (Å²) in [7, 11) is 1.85. The molecule has 0 aromatic heterocycles. The average Bonchev–Trinajstić information content (AvgIpc) is 2.25. The van der Waals surface area contributed by atoms with Crippen LogP contribution in [0.4, 0.5) is 10.1 Å². The summed E-state index contributed by atoms with van der Waals surface area (Å²) in [6, 6.07) is 4.82. The summed E-state index contributed by atoms with van der Waals surface area (Å²) >= 11 is 1.72. The van der Waals surface area contributed by atoms with Gasteiger partial charge in [-0.25, -0.2) is 4.39 Å². The van der Waals surface area contributed by atoms with E-state index >= 15 is 0 Å². The highest BCUT2D eigenvalue weighted by atomic mass is 32.2. The molecule has 0 aliphatic carbocycles. The monoisotopic (exact) mass is 243 g/mol. The van der Waals surface area contributed by atoms with Crippen molar-refractivity contribution in [3.63, 3.8) is 0 Å². The number of anilines is 1. The van der Waals surface area contributed by atoms with Gasteiger partial charge in [0.15, 0.2) is 0 Å². The molecule has 1 aromatic rings. The second-order valence-corrected chi connectivity index (χ2v) is 4.75. The topological polar surface area (TPSA) is 23.5 Å². The summed E-state index contributed by atoms with van der Waals surface area (Å²) in [5, 5.41) is 9.60. The lowest BCUT2D eigenvalue weighted by Gasteiger charge is -2.23. The van der Waals surface area contributed by atoms with Crippen LogP contribution in [0.25, 0.3) is 0 Å². The van der Waals surface area contributed by atoms with E-state index in [2.05, 4.69) is 0 Å². The first-order valence-corrected chi connectivity index (χ1v) is 6.64. The van der Waals surface area contributed by atoms with Crippen LogP contribution in [0.15, 0.2) is 18.2 Å². The van der Waals surface area contributed by atoms with Gasteiger partial charge >= 0.3 is 0 Å². The number of benzene rings is 1. The van der Waals surface area contributed by atoms with Crippen LogP contribution in [-0.4, -0.2) is 30.7 Å². The Bertz CT molecular complexity index is 344. The van der Waals surface area contributed by atoms with Gasteiger partial charge in [0, 0.05) is 24.9 Å². The van der Waals surface area contributed by atoms with E-state index in [1.54, 1.807) is 30.8 Å². The molecule has 16 heavy (non-hydrogen) atoms. The molecule has 0 heterocycles. The van der Waals surface area contributed by atoms with Crippen molar-refractivity contribution in [1.82, 2.24) is 0 Å². The Kier molecular flexibility index (Phi) is 5.09. The van der Waals surface area contributed by atoms with Gasteiger partial charge in [0.05, 0.1) is 11.8 Å². The molecule has 1 atom stereocenters. The Morgan fingerprint density at radius 1 is 1.50 bits per heavy atom. The van der Waals surface area contributed by atoms with Crippen LogP contribution in [0.3, 0.4) is 0 Å². The Hall–Kier alpha value is -0.740. The lowest BCUT2D eigenvalue weighted by atomic mass is 10.1. The minimum absolute atomic E-state index is 0.276. The van der Waals surface area contributed by atoms with Crippen molar-refractivity contribution >= 4 is 17.4 Å². The zero-order chi connectivity index (χ0) is 12.1. The second kappa shape index (κ2) is 6.11. The van der Waals surface area contributed by atoms with Crippen molar-refractivity contribution in [2.75, 3.05) is 30.5 Å². The average molecular weight is 243 g/mol. The zero-order valence-corrected chi connectivity index (χ0v) is 10.7. The van der Waals surface area contributed by atoms with Crippen LogP contribution >= 0.6 is 11.8 Å². The number of thioether (sulfide) groups is 1. The second-order valence-electron chi connectivity index (χ2n) is 3.77. The number of para-hydroxylation sites is 1. The lowest BCUT2D eigenvalue weighted by Crippen LogP contribution is -2.23. The number of hydrogen-bond acceptors (Lipinski definition) is 3. The van der Waals surface area contributed by atoms with E-state index < -0.39 is 6.10 Å². The molecule has 0 aliphatic rings. The summed E-state index contributed by atoms with van der Waals surface area (Å²) in [6.07, 6.45) is 1.37. The third-order valence-corrected chi connectivity index (χ3v) is 3.07. The highest BCUT2D eigenvalue weighted by molar-refractivity contribution is 7.98. The highest BCUT2D eigenvalue weighted by Gasteiger charge is 2.15. The fourth-order valence-electron chi connectivity index (χ4n) is 1.61. The fourth-order valence-corrected chi connectivity index (χ4v) is 2.07. The quantitative estimate of drug-likeness (QED) is 0.860. The number of halogens is 1. The maximum Gasteiger partial charge on any atom is 0.146 e. The van der Waals surface area contributed by atoms with E-state index in [-0.39, 0.29) is 5.82 Å². The first kappa shape index (κ1) is 13.3. The van der Waals surface area contributed by atoms with Crippen LogP contribution < -0.4 is 4.90 Å². The van der Waals surface area contributed by atoms with Gasteiger partial charge in [-0.3, -0.25) is 0 Å². The molecule has 0 aliphatic heterocycles. The summed E-state index contributed by atoms with van der Waals surface area (Å²) < 4.78 is 13.7. The van der Waals surface area contributed by atoms with Gasteiger partial charge in [0.1, 0.15) is 5.82 Å². The Morgan fingerprint density at radius 2 is 2.19 bits per heavy atom. The molecule has 0 unspecified atom stereocenters. The molecule has 90 valence electrons. The van der Waals surface area contributed by atoms with E-state index in [4.69, 9.17) is 0 Å². The Labute approximate surface area is 100 Å². The van der Waals surface area contributed by atoms with Crippen molar-refractivity contribution in [3.8, 4) is 0 Å². The Balaban J connectivity index is 3.00. The molecule has 0 saturated carbocycles. The van der Waals surface area contributed by atoms with Crippen molar-refractivity contribution < 1.29 is 9.50 Å². The molecule has 1 aromatic carbocycles. The van der Waals surface area contributed by atoms with E-state index in [1.165, 1.54) is 6.07 Å². The Morgan fingerprint density at radius 3 is 2.75 bits per heavy atom. The number of aliphatic hydroxyl groups is 1. The van der Waals surface area contributed by atoms with Gasteiger partial charge in [-0.2, -0.15) is 11.8 Å². The lowest BCUT2D eigenvalue weighted by molar-refractivity contribution is 0.199. The molecule has 1 N–H and O–H groups in total. The van der Waals surface area contributed by atoms with E-state index in [1.807, 2.05) is 18.2 Å². The normalized spacial score (nSPS) is 12.6. The van der Waals surface area contributed by atoms with Gasteiger partial charge in [-0.05, 0) is 19.2 Å². The maximum atomic E-state index is 13.7. The molecule has 4 heteroatoms. The molecular weight excluding hydrogens is 225 g/mol. The van der Waals surface area contributed by atoms with Crippen LogP contribution in [0.2, 0.25) is 0 Å².